The molecular weight excluding hydrogens is 282 g/mol. The van der Waals surface area contributed by atoms with Gasteiger partial charge in [-0.15, -0.1) is 0 Å². The third-order valence-corrected chi connectivity index (χ3v) is 4.09. The van der Waals surface area contributed by atoms with E-state index in [1.54, 1.807) is 24.3 Å². The second-order valence-electron chi connectivity index (χ2n) is 5.72. The summed E-state index contributed by atoms with van der Waals surface area (Å²) in [5.41, 5.74) is 2.51. The molecular formula is C16H23N3O3. The summed E-state index contributed by atoms with van der Waals surface area (Å²) in [6.07, 6.45) is 3.25. The zero-order valence-electron chi connectivity index (χ0n) is 13.0. The number of nitrogens with one attached hydrogen (secondary N) is 1. The van der Waals surface area contributed by atoms with Gasteiger partial charge in [0.05, 0.1) is 0 Å². The molecule has 0 aromatic heterocycles. The van der Waals surface area contributed by atoms with Gasteiger partial charge in [0.25, 0.3) is 11.8 Å². The van der Waals surface area contributed by atoms with Crippen LogP contribution in [0.3, 0.4) is 0 Å². The Morgan fingerprint density at radius 2 is 1.82 bits per heavy atom. The lowest BCUT2D eigenvalue weighted by Gasteiger charge is -2.38. The van der Waals surface area contributed by atoms with E-state index in [1.807, 2.05) is 4.90 Å². The van der Waals surface area contributed by atoms with Gasteiger partial charge in [-0.1, -0.05) is 0 Å². The molecule has 0 unspecified atom stereocenters. The lowest BCUT2D eigenvalue weighted by molar-refractivity contribution is -0.139. The number of amides is 2. The van der Waals surface area contributed by atoms with E-state index in [2.05, 4.69) is 19.3 Å². The van der Waals surface area contributed by atoms with Gasteiger partial charge < -0.3 is 9.64 Å². The minimum absolute atomic E-state index is 0.00322. The SMILES string of the molecule is C[C@@H]1CCC[C@@H](C)N1C(=O)COc1ccc(C(=O)NN)cc1. The van der Waals surface area contributed by atoms with Crippen LogP contribution < -0.4 is 16.0 Å². The van der Waals surface area contributed by atoms with E-state index >= 15 is 0 Å². The number of rotatable bonds is 4. The molecule has 0 saturated carbocycles. The fourth-order valence-corrected chi connectivity index (χ4v) is 2.92. The van der Waals surface area contributed by atoms with Crippen LogP contribution in [-0.4, -0.2) is 35.4 Å². The van der Waals surface area contributed by atoms with Gasteiger partial charge in [-0.3, -0.25) is 15.0 Å². The second-order valence-corrected chi connectivity index (χ2v) is 5.72. The highest BCUT2D eigenvalue weighted by Gasteiger charge is 2.28. The third kappa shape index (κ3) is 3.76. The Kier molecular flexibility index (Phi) is 5.38. The summed E-state index contributed by atoms with van der Waals surface area (Å²) in [6.45, 7) is 4.17. The van der Waals surface area contributed by atoms with Gasteiger partial charge in [0.2, 0.25) is 0 Å². The topological polar surface area (TPSA) is 84.7 Å². The van der Waals surface area contributed by atoms with Gasteiger partial charge in [0.1, 0.15) is 5.75 Å². The Hall–Kier alpha value is -2.08. The van der Waals surface area contributed by atoms with Crippen LogP contribution in [0, 0.1) is 0 Å². The van der Waals surface area contributed by atoms with E-state index in [-0.39, 0.29) is 30.5 Å². The number of benzene rings is 1. The first-order valence-electron chi connectivity index (χ1n) is 7.58. The van der Waals surface area contributed by atoms with Crippen LogP contribution in [0.1, 0.15) is 43.5 Å². The Balaban J connectivity index is 1.92. The number of hydrazine groups is 1. The number of hydrogen-bond donors (Lipinski definition) is 2. The van der Waals surface area contributed by atoms with Crippen LogP contribution >= 0.6 is 0 Å². The Bertz CT molecular complexity index is 520. The van der Waals surface area contributed by atoms with Crippen molar-refractivity contribution in [2.24, 2.45) is 5.84 Å². The molecule has 1 heterocycles. The number of nitrogen functional groups attached to an aromatic ring is 1. The molecule has 120 valence electrons. The van der Waals surface area contributed by atoms with Crippen molar-refractivity contribution < 1.29 is 14.3 Å². The van der Waals surface area contributed by atoms with Crippen molar-refractivity contribution in [3.05, 3.63) is 29.8 Å². The second kappa shape index (κ2) is 7.26. The van der Waals surface area contributed by atoms with Gasteiger partial charge in [-0.25, -0.2) is 5.84 Å². The van der Waals surface area contributed by atoms with Gasteiger partial charge in [0.15, 0.2) is 6.61 Å². The summed E-state index contributed by atoms with van der Waals surface area (Å²) in [5, 5.41) is 0. The number of nitrogens with zero attached hydrogens (tertiary/aromatic N) is 1. The minimum Gasteiger partial charge on any atom is -0.484 e. The van der Waals surface area contributed by atoms with Crippen molar-refractivity contribution in [3.63, 3.8) is 0 Å². The standard InChI is InChI=1S/C16H23N3O3/c1-11-4-3-5-12(2)19(11)15(20)10-22-14-8-6-13(7-9-14)16(21)18-17/h6-9,11-12H,3-5,10,17H2,1-2H3,(H,18,21)/t11-,12-/m1/s1. The molecule has 2 rings (SSSR count). The van der Waals surface area contributed by atoms with Crippen LogP contribution in [0.15, 0.2) is 24.3 Å². The number of carbonyl (C=O) groups is 2. The molecule has 1 aliphatic heterocycles. The van der Waals surface area contributed by atoms with Crippen LogP contribution in [0.25, 0.3) is 0 Å². The van der Waals surface area contributed by atoms with Crippen molar-refractivity contribution >= 4 is 11.8 Å². The molecule has 22 heavy (non-hydrogen) atoms. The molecule has 3 N–H and O–H groups in total. The predicted molar refractivity (Wildman–Crippen MR) is 83.2 cm³/mol. The molecule has 2 atom stereocenters. The van der Waals surface area contributed by atoms with E-state index in [4.69, 9.17) is 10.6 Å². The molecule has 1 fully saturated rings. The molecule has 1 aliphatic rings. The number of ether oxygens (including phenoxy) is 1. The van der Waals surface area contributed by atoms with Gasteiger partial charge in [-0.05, 0) is 57.4 Å². The zero-order valence-corrected chi connectivity index (χ0v) is 13.0. The van der Waals surface area contributed by atoms with Crippen molar-refractivity contribution in [3.8, 4) is 5.75 Å². The maximum absolute atomic E-state index is 12.3. The number of nitrogens with two attached hydrogens (primary N) is 1. The van der Waals surface area contributed by atoms with Crippen molar-refractivity contribution in [1.82, 2.24) is 10.3 Å². The largest absolute Gasteiger partial charge is 0.484 e. The lowest BCUT2D eigenvalue weighted by atomic mass is 9.97. The molecule has 6 nitrogen and oxygen atoms in total. The minimum atomic E-state index is -0.362. The molecule has 0 bridgehead atoms. The van der Waals surface area contributed by atoms with Crippen LogP contribution in [-0.2, 0) is 4.79 Å². The average Bonchev–Trinajstić information content (AvgIpc) is 2.52. The first-order valence-corrected chi connectivity index (χ1v) is 7.58. The summed E-state index contributed by atoms with van der Waals surface area (Å²) >= 11 is 0. The predicted octanol–water partition coefficient (Wildman–Crippen LogP) is 1.46. The summed E-state index contributed by atoms with van der Waals surface area (Å²) < 4.78 is 5.53. The Labute approximate surface area is 130 Å². The number of hydrogen-bond acceptors (Lipinski definition) is 4. The Morgan fingerprint density at radius 3 is 2.36 bits per heavy atom. The quantitative estimate of drug-likeness (QED) is 0.501. The first kappa shape index (κ1) is 16.3. The van der Waals surface area contributed by atoms with E-state index < -0.39 is 0 Å². The smallest absolute Gasteiger partial charge is 0.265 e. The molecule has 6 heteroatoms. The maximum Gasteiger partial charge on any atom is 0.265 e. The molecule has 1 aromatic carbocycles. The van der Waals surface area contributed by atoms with Gasteiger partial charge >= 0.3 is 0 Å². The highest BCUT2D eigenvalue weighted by atomic mass is 16.5. The molecule has 1 aromatic rings. The monoisotopic (exact) mass is 305 g/mol. The van der Waals surface area contributed by atoms with E-state index in [1.165, 1.54) is 0 Å². The summed E-state index contributed by atoms with van der Waals surface area (Å²) in [4.78, 5) is 25.6. The summed E-state index contributed by atoms with van der Waals surface area (Å²) in [6, 6.07) is 7.04. The molecule has 0 spiro atoms. The van der Waals surface area contributed by atoms with Crippen LogP contribution in [0.5, 0.6) is 5.75 Å². The van der Waals surface area contributed by atoms with Crippen molar-refractivity contribution in [2.75, 3.05) is 6.61 Å². The molecule has 0 aliphatic carbocycles. The number of carbonyl (C=O) groups excluding carboxylic acids is 2. The lowest BCUT2D eigenvalue weighted by Crippen LogP contribution is -2.49. The summed E-state index contributed by atoms with van der Waals surface area (Å²) in [5.74, 6) is 5.26. The van der Waals surface area contributed by atoms with E-state index in [0.29, 0.717) is 11.3 Å². The fraction of sp³-hybridized carbons (Fsp3) is 0.500. The highest BCUT2D eigenvalue weighted by molar-refractivity contribution is 5.93. The van der Waals surface area contributed by atoms with Crippen molar-refractivity contribution in [2.45, 2.75) is 45.2 Å². The van der Waals surface area contributed by atoms with E-state index in [0.717, 1.165) is 19.3 Å². The van der Waals surface area contributed by atoms with Crippen LogP contribution in [0.2, 0.25) is 0 Å². The summed E-state index contributed by atoms with van der Waals surface area (Å²) in [7, 11) is 0. The third-order valence-electron chi connectivity index (χ3n) is 4.09. The number of likely N-dealkylation sites (tertiary alicyclic amines) is 1. The molecule has 1 saturated heterocycles. The highest BCUT2D eigenvalue weighted by Crippen LogP contribution is 2.22. The maximum atomic E-state index is 12.3. The molecule has 0 radical (unpaired) electrons. The van der Waals surface area contributed by atoms with Crippen molar-refractivity contribution in [1.29, 1.82) is 0 Å². The van der Waals surface area contributed by atoms with Gasteiger partial charge in [0, 0.05) is 17.6 Å². The molecule has 2 amide bonds. The average molecular weight is 305 g/mol. The zero-order chi connectivity index (χ0) is 16.1. The van der Waals surface area contributed by atoms with Crippen LogP contribution in [0.4, 0.5) is 0 Å². The fourth-order valence-electron chi connectivity index (χ4n) is 2.92. The Morgan fingerprint density at radius 1 is 1.23 bits per heavy atom. The first-order chi connectivity index (χ1) is 10.5. The van der Waals surface area contributed by atoms with Gasteiger partial charge in [-0.2, -0.15) is 0 Å². The number of piperidine rings is 1. The van der Waals surface area contributed by atoms with E-state index in [9.17, 15) is 9.59 Å². The normalized spacial score (nSPS) is 21.3.